The lowest BCUT2D eigenvalue weighted by Gasteiger charge is -2.29. The van der Waals surface area contributed by atoms with E-state index < -0.39 is 0 Å². The Hall–Kier alpha value is -3.60. The van der Waals surface area contributed by atoms with Gasteiger partial charge >= 0.3 is 0 Å². The molecule has 3 rings (SSSR count). The zero-order valence-electron chi connectivity index (χ0n) is 22.2. The van der Waals surface area contributed by atoms with Crippen LogP contribution < -0.4 is 10.2 Å². The largest absolute Gasteiger partial charge is 0.377 e. The monoisotopic (exact) mass is 485 g/mol. The molecule has 1 N–H and O–H groups in total. The Balaban J connectivity index is 1.96. The molecular weight excluding hydrogens is 446 g/mol. The fraction of sp³-hybridized carbons (Fsp3) is 0.355. The summed E-state index contributed by atoms with van der Waals surface area (Å²) in [4.78, 5) is 30.4. The van der Waals surface area contributed by atoms with Crippen LogP contribution in [0.1, 0.15) is 56.2 Å². The number of nitrogens with one attached hydrogen (secondary N) is 1. The first-order valence-electron chi connectivity index (χ1n) is 12.8. The molecule has 190 valence electrons. The average Bonchev–Trinajstić information content (AvgIpc) is 2.85. The molecule has 0 saturated heterocycles. The van der Waals surface area contributed by atoms with Crippen molar-refractivity contribution in [3.63, 3.8) is 0 Å². The van der Waals surface area contributed by atoms with Crippen molar-refractivity contribution in [1.82, 2.24) is 4.90 Å². The van der Waals surface area contributed by atoms with Crippen LogP contribution in [0.5, 0.6) is 0 Å². The maximum atomic E-state index is 14.0. The molecule has 0 aromatic heterocycles. The number of hydrogen-bond donors (Lipinski definition) is 1. The Kier molecular flexibility index (Phi) is 9.69. The van der Waals surface area contributed by atoms with Crippen molar-refractivity contribution in [1.29, 1.82) is 0 Å². The summed E-state index contributed by atoms with van der Waals surface area (Å²) in [5.41, 5.74) is 4.89. The van der Waals surface area contributed by atoms with Crippen molar-refractivity contribution >= 4 is 23.2 Å². The Labute approximate surface area is 216 Å². The summed E-state index contributed by atoms with van der Waals surface area (Å²) >= 11 is 0. The van der Waals surface area contributed by atoms with E-state index in [1.807, 2.05) is 99.6 Å². The molecule has 5 heteroatoms. The van der Waals surface area contributed by atoms with E-state index in [0.717, 1.165) is 34.5 Å². The summed E-state index contributed by atoms with van der Waals surface area (Å²) in [5.74, 6) is 0.174. The molecular formula is C31H39N3O2. The van der Waals surface area contributed by atoms with Crippen molar-refractivity contribution in [2.75, 3.05) is 24.3 Å². The Bertz CT molecular complexity index is 1130. The van der Waals surface area contributed by atoms with Gasteiger partial charge in [0.25, 0.3) is 0 Å². The zero-order chi connectivity index (χ0) is 26.1. The van der Waals surface area contributed by atoms with E-state index in [1.54, 1.807) is 0 Å². The molecule has 2 amide bonds. The van der Waals surface area contributed by atoms with Gasteiger partial charge in [-0.2, -0.15) is 0 Å². The second kappa shape index (κ2) is 12.9. The van der Waals surface area contributed by atoms with Crippen molar-refractivity contribution in [3.8, 4) is 0 Å². The lowest BCUT2D eigenvalue weighted by atomic mass is 9.94. The summed E-state index contributed by atoms with van der Waals surface area (Å²) in [6.07, 6.45) is 1.19. The van der Waals surface area contributed by atoms with Gasteiger partial charge < -0.3 is 15.1 Å². The molecule has 0 heterocycles. The SMILES string of the molecule is CC[C@@H](C(=O)N(Cc1ccccc1)Cc1cc(NC(=O)CC(C)C)ccc1N(C)C)c1ccccc1. The number of anilines is 2. The predicted molar refractivity (Wildman–Crippen MR) is 149 cm³/mol. The molecule has 3 aromatic carbocycles. The van der Waals surface area contributed by atoms with Crippen molar-refractivity contribution in [2.45, 2.75) is 52.6 Å². The molecule has 0 radical (unpaired) electrons. The van der Waals surface area contributed by atoms with Crippen LogP contribution in [0.3, 0.4) is 0 Å². The van der Waals surface area contributed by atoms with E-state index in [2.05, 4.69) is 29.3 Å². The number of amides is 2. The van der Waals surface area contributed by atoms with E-state index in [4.69, 9.17) is 0 Å². The number of carbonyl (C=O) groups is 2. The van der Waals surface area contributed by atoms with Gasteiger partial charge in [0.2, 0.25) is 11.8 Å². The maximum Gasteiger partial charge on any atom is 0.230 e. The number of benzene rings is 3. The van der Waals surface area contributed by atoms with Gasteiger partial charge in [-0.3, -0.25) is 9.59 Å². The van der Waals surface area contributed by atoms with Crippen LogP contribution in [0.4, 0.5) is 11.4 Å². The molecule has 0 bridgehead atoms. The standard InChI is InChI=1S/C31H39N3O2/c1-6-28(25-15-11-8-12-16-25)31(36)34(21-24-13-9-7-10-14-24)22-26-20-27(17-18-29(26)33(4)5)32-30(35)19-23(2)3/h7-18,20,23,28H,6,19,21-22H2,1-5H3,(H,32,35)/t28-/m1/s1. The van der Waals surface area contributed by atoms with Gasteiger partial charge in [-0.1, -0.05) is 81.4 Å². The zero-order valence-corrected chi connectivity index (χ0v) is 22.2. The molecule has 5 nitrogen and oxygen atoms in total. The molecule has 0 fully saturated rings. The Morgan fingerprint density at radius 1 is 0.861 bits per heavy atom. The van der Waals surface area contributed by atoms with Crippen LogP contribution in [-0.2, 0) is 22.7 Å². The summed E-state index contributed by atoms with van der Waals surface area (Å²) in [6.45, 7) is 7.08. The first kappa shape index (κ1) is 27.0. The summed E-state index contributed by atoms with van der Waals surface area (Å²) in [7, 11) is 4.00. The van der Waals surface area contributed by atoms with E-state index in [1.165, 1.54) is 0 Å². The van der Waals surface area contributed by atoms with E-state index in [0.29, 0.717) is 19.5 Å². The lowest BCUT2D eigenvalue weighted by Crippen LogP contribution is -2.34. The average molecular weight is 486 g/mol. The summed E-state index contributed by atoms with van der Waals surface area (Å²) in [5, 5.41) is 3.03. The number of hydrogen-bond acceptors (Lipinski definition) is 3. The predicted octanol–water partition coefficient (Wildman–Crippen LogP) is 6.46. The van der Waals surface area contributed by atoms with Gasteiger partial charge in [-0.05, 0) is 47.2 Å². The smallest absolute Gasteiger partial charge is 0.230 e. The Morgan fingerprint density at radius 3 is 2.08 bits per heavy atom. The fourth-order valence-electron chi connectivity index (χ4n) is 4.49. The molecule has 0 spiro atoms. The van der Waals surface area contributed by atoms with Gasteiger partial charge in [0.1, 0.15) is 0 Å². The van der Waals surface area contributed by atoms with Gasteiger partial charge in [-0.25, -0.2) is 0 Å². The molecule has 0 aliphatic rings. The molecule has 0 saturated carbocycles. The van der Waals surface area contributed by atoms with Crippen LogP contribution >= 0.6 is 0 Å². The highest BCUT2D eigenvalue weighted by Crippen LogP contribution is 2.29. The fourth-order valence-corrected chi connectivity index (χ4v) is 4.49. The van der Waals surface area contributed by atoms with Gasteiger partial charge in [-0.15, -0.1) is 0 Å². The molecule has 3 aromatic rings. The minimum Gasteiger partial charge on any atom is -0.377 e. The van der Waals surface area contributed by atoms with Gasteiger partial charge in [0, 0.05) is 45.0 Å². The van der Waals surface area contributed by atoms with Crippen molar-refractivity contribution in [3.05, 3.63) is 95.6 Å². The second-order valence-electron chi connectivity index (χ2n) is 9.94. The van der Waals surface area contributed by atoms with Crippen molar-refractivity contribution in [2.24, 2.45) is 5.92 Å². The van der Waals surface area contributed by atoms with Crippen LogP contribution in [0.2, 0.25) is 0 Å². The van der Waals surface area contributed by atoms with Crippen LogP contribution in [0.25, 0.3) is 0 Å². The summed E-state index contributed by atoms with van der Waals surface area (Å²) < 4.78 is 0. The van der Waals surface area contributed by atoms with Gasteiger partial charge in [0.15, 0.2) is 0 Å². The normalized spacial score (nSPS) is 11.7. The van der Waals surface area contributed by atoms with Crippen molar-refractivity contribution < 1.29 is 9.59 Å². The highest BCUT2D eigenvalue weighted by atomic mass is 16.2. The third kappa shape index (κ3) is 7.45. The molecule has 0 aliphatic carbocycles. The topological polar surface area (TPSA) is 52.7 Å². The molecule has 0 aliphatic heterocycles. The minimum atomic E-state index is -0.216. The quantitative estimate of drug-likeness (QED) is 0.339. The summed E-state index contributed by atoms with van der Waals surface area (Å²) in [6, 6.07) is 26.1. The van der Waals surface area contributed by atoms with E-state index in [-0.39, 0.29) is 23.7 Å². The lowest BCUT2D eigenvalue weighted by molar-refractivity contribution is -0.134. The van der Waals surface area contributed by atoms with Crippen LogP contribution in [0.15, 0.2) is 78.9 Å². The number of rotatable bonds is 11. The van der Waals surface area contributed by atoms with Crippen LogP contribution in [0, 0.1) is 5.92 Å². The highest BCUT2D eigenvalue weighted by Gasteiger charge is 2.26. The third-order valence-electron chi connectivity index (χ3n) is 6.24. The van der Waals surface area contributed by atoms with Gasteiger partial charge in [0.05, 0.1) is 5.92 Å². The molecule has 0 unspecified atom stereocenters. The third-order valence-corrected chi connectivity index (χ3v) is 6.24. The Morgan fingerprint density at radius 2 is 1.50 bits per heavy atom. The molecule has 1 atom stereocenters. The minimum absolute atomic E-state index is 0.000829. The van der Waals surface area contributed by atoms with E-state index >= 15 is 0 Å². The highest BCUT2D eigenvalue weighted by molar-refractivity contribution is 5.91. The van der Waals surface area contributed by atoms with E-state index in [9.17, 15) is 9.59 Å². The molecule has 36 heavy (non-hydrogen) atoms. The first-order chi connectivity index (χ1) is 17.3. The first-order valence-corrected chi connectivity index (χ1v) is 12.8. The van der Waals surface area contributed by atoms with Crippen LogP contribution in [-0.4, -0.2) is 30.8 Å². The number of carbonyl (C=O) groups excluding carboxylic acids is 2. The maximum absolute atomic E-state index is 14.0. The number of nitrogens with zero attached hydrogens (tertiary/aromatic N) is 2. The second-order valence-corrected chi connectivity index (χ2v) is 9.94.